The summed E-state index contributed by atoms with van der Waals surface area (Å²) in [5, 5.41) is 1.07. The molecule has 0 aromatic carbocycles. The Hall–Kier alpha value is -1.36. The molecule has 0 aliphatic carbocycles. The number of rotatable bonds is 6. The molecule has 0 spiro atoms. The van der Waals surface area contributed by atoms with Gasteiger partial charge in [0, 0.05) is 31.7 Å². The topological polar surface area (TPSA) is 55.0 Å². The van der Waals surface area contributed by atoms with Crippen molar-refractivity contribution >= 4 is 29.0 Å². The molecule has 20 heavy (non-hydrogen) atoms. The Morgan fingerprint density at radius 2 is 2.10 bits per heavy atom. The molecule has 0 radical (unpaired) electrons. The lowest BCUT2D eigenvalue weighted by Gasteiger charge is -2.24. The van der Waals surface area contributed by atoms with E-state index >= 15 is 0 Å². The predicted molar refractivity (Wildman–Crippen MR) is 83.2 cm³/mol. The lowest BCUT2D eigenvalue weighted by molar-refractivity contribution is 0.725. The van der Waals surface area contributed by atoms with Gasteiger partial charge in [-0.05, 0) is 30.7 Å². The predicted octanol–water partition coefficient (Wildman–Crippen LogP) is 3.14. The molecule has 0 saturated heterocycles. The summed E-state index contributed by atoms with van der Waals surface area (Å²) in [5.41, 5.74) is 6.69. The molecule has 2 N–H and O–H groups in total. The first-order valence-corrected chi connectivity index (χ1v) is 7.11. The summed E-state index contributed by atoms with van der Waals surface area (Å²) in [6, 6.07) is 5.63. The van der Waals surface area contributed by atoms with Crippen LogP contribution in [0.3, 0.4) is 0 Å². The van der Waals surface area contributed by atoms with Crippen molar-refractivity contribution in [2.24, 2.45) is 5.73 Å². The Morgan fingerprint density at radius 1 is 1.25 bits per heavy atom. The summed E-state index contributed by atoms with van der Waals surface area (Å²) in [5.74, 6) is 0.716. The van der Waals surface area contributed by atoms with E-state index in [1.807, 2.05) is 18.3 Å². The van der Waals surface area contributed by atoms with Crippen LogP contribution in [0.1, 0.15) is 12.0 Å². The third kappa shape index (κ3) is 4.07. The van der Waals surface area contributed by atoms with E-state index in [9.17, 15) is 0 Å². The van der Waals surface area contributed by atoms with E-state index in [4.69, 9.17) is 28.9 Å². The zero-order chi connectivity index (χ0) is 14.4. The van der Waals surface area contributed by atoms with Gasteiger partial charge < -0.3 is 10.6 Å². The summed E-state index contributed by atoms with van der Waals surface area (Å²) in [6.45, 7) is 2.08. The molecule has 2 aromatic heterocycles. The molecule has 2 aromatic rings. The molecular weight excluding hydrogens is 295 g/mol. The van der Waals surface area contributed by atoms with Crippen LogP contribution in [0, 0.1) is 0 Å². The van der Waals surface area contributed by atoms with Crippen molar-refractivity contribution in [1.29, 1.82) is 0 Å². The van der Waals surface area contributed by atoms with Crippen molar-refractivity contribution in [3.8, 4) is 0 Å². The van der Waals surface area contributed by atoms with Crippen molar-refractivity contribution in [3.05, 3.63) is 52.4 Å². The second-order valence-electron chi connectivity index (χ2n) is 4.38. The SMILES string of the molecule is NCCCN(Cc1cccnc1)c1ncc(Cl)cc1Cl. The minimum atomic E-state index is 0.527. The number of pyridine rings is 2. The minimum absolute atomic E-state index is 0.527. The molecule has 2 heterocycles. The summed E-state index contributed by atoms with van der Waals surface area (Å²) in [4.78, 5) is 10.5. The van der Waals surface area contributed by atoms with Crippen molar-refractivity contribution in [3.63, 3.8) is 0 Å². The van der Waals surface area contributed by atoms with E-state index in [1.165, 1.54) is 0 Å². The Bertz CT molecular complexity index is 548. The van der Waals surface area contributed by atoms with Crippen LogP contribution in [0.5, 0.6) is 0 Å². The van der Waals surface area contributed by atoms with Gasteiger partial charge in [0.1, 0.15) is 5.82 Å². The Labute approximate surface area is 128 Å². The second kappa shape index (κ2) is 7.43. The quantitative estimate of drug-likeness (QED) is 0.890. The first kappa shape index (κ1) is 15.0. The molecule has 0 atom stereocenters. The molecular formula is C14H16Cl2N4. The zero-order valence-corrected chi connectivity index (χ0v) is 12.5. The highest BCUT2D eigenvalue weighted by Gasteiger charge is 2.13. The Morgan fingerprint density at radius 3 is 2.75 bits per heavy atom. The number of nitrogens with zero attached hydrogens (tertiary/aromatic N) is 3. The van der Waals surface area contributed by atoms with Crippen LogP contribution >= 0.6 is 23.2 Å². The maximum atomic E-state index is 6.23. The third-order valence-corrected chi connectivity index (χ3v) is 3.30. The van der Waals surface area contributed by atoms with Crippen LogP contribution in [0.15, 0.2) is 36.8 Å². The normalized spacial score (nSPS) is 10.6. The van der Waals surface area contributed by atoms with Crippen molar-refractivity contribution in [2.45, 2.75) is 13.0 Å². The number of hydrogen-bond donors (Lipinski definition) is 1. The van der Waals surface area contributed by atoms with Crippen LogP contribution in [0.4, 0.5) is 5.82 Å². The average molecular weight is 311 g/mol. The molecule has 2 rings (SSSR count). The van der Waals surface area contributed by atoms with Crippen LogP contribution in [0.25, 0.3) is 0 Å². The summed E-state index contributed by atoms with van der Waals surface area (Å²) in [7, 11) is 0. The number of hydrogen-bond acceptors (Lipinski definition) is 4. The number of aromatic nitrogens is 2. The first-order chi connectivity index (χ1) is 9.70. The van der Waals surface area contributed by atoms with E-state index in [0.29, 0.717) is 29.0 Å². The van der Waals surface area contributed by atoms with E-state index in [2.05, 4.69) is 14.9 Å². The van der Waals surface area contributed by atoms with Gasteiger partial charge in [0.25, 0.3) is 0 Å². The van der Waals surface area contributed by atoms with Gasteiger partial charge in [-0.15, -0.1) is 0 Å². The smallest absolute Gasteiger partial charge is 0.147 e. The molecule has 0 fully saturated rings. The average Bonchev–Trinajstić information content (AvgIpc) is 2.45. The van der Waals surface area contributed by atoms with Crippen LogP contribution in [0.2, 0.25) is 10.0 Å². The minimum Gasteiger partial charge on any atom is -0.351 e. The monoisotopic (exact) mass is 310 g/mol. The molecule has 0 bridgehead atoms. The third-order valence-electron chi connectivity index (χ3n) is 2.82. The molecule has 4 nitrogen and oxygen atoms in total. The molecule has 6 heteroatoms. The van der Waals surface area contributed by atoms with Crippen LogP contribution in [-0.2, 0) is 6.54 Å². The van der Waals surface area contributed by atoms with Crippen molar-refractivity contribution in [1.82, 2.24) is 9.97 Å². The van der Waals surface area contributed by atoms with Crippen molar-refractivity contribution in [2.75, 3.05) is 18.0 Å². The second-order valence-corrected chi connectivity index (χ2v) is 5.23. The van der Waals surface area contributed by atoms with Gasteiger partial charge in [-0.1, -0.05) is 29.3 Å². The summed E-state index contributed by atoms with van der Waals surface area (Å²) in [6.07, 6.45) is 6.04. The lowest BCUT2D eigenvalue weighted by atomic mass is 10.2. The summed E-state index contributed by atoms with van der Waals surface area (Å²) < 4.78 is 0. The zero-order valence-electron chi connectivity index (χ0n) is 11.0. The van der Waals surface area contributed by atoms with Gasteiger partial charge in [0.15, 0.2) is 0 Å². The number of halogens is 2. The van der Waals surface area contributed by atoms with Crippen LogP contribution in [-0.4, -0.2) is 23.1 Å². The van der Waals surface area contributed by atoms with Gasteiger partial charge >= 0.3 is 0 Å². The largest absolute Gasteiger partial charge is 0.351 e. The number of nitrogens with two attached hydrogens (primary N) is 1. The standard InChI is InChI=1S/C14H16Cl2N4/c15-12-7-13(16)14(19-9-12)20(6-2-4-17)10-11-3-1-5-18-8-11/h1,3,5,7-9H,2,4,6,10,17H2. The van der Waals surface area contributed by atoms with Crippen LogP contribution < -0.4 is 10.6 Å². The molecule has 0 saturated carbocycles. The van der Waals surface area contributed by atoms with E-state index in [-0.39, 0.29) is 0 Å². The number of anilines is 1. The Balaban J connectivity index is 2.22. The highest BCUT2D eigenvalue weighted by molar-refractivity contribution is 6.36. The molecule has 106 valence electrons. The fourth-order valence-corrected chi connectivity index (χ4v) is 2.39. The van der Waals surface area contributed by atoms with Gasteiger partial charge in [0.2, 0.25) is 0 Å². The maximum Gasteiger partial charge on any atom is 0.147 e. The first-order valence-electron chi connectivity index (χ1n) is 6.35. The maximum absolute atomic E-state index is 6.23. The van der Waals surface area contributed by atoms with Gasteiger partial charge in [-0.25, -0.2) is 4.98 Å². The molecule has 0 aliphatic rings. The molecule has 0 aliphatic heterocycles. The van der Waals surface area contributed by atoms with Gasteiger partial charge in [-0.2, -0.15) is 0 Å². The highest BCUT2D eigenvalue weighted by atomic mass is 35.5. The highest BCUT2D eigenvalue weighted by Crippen LogP contribution is 2.27. The lowest BCUT2D eigenvalue weighted by Crippen LogP contribution is -2.26. The van der Waals surface area contributed by atoms with E-state index < -0.39 is 0 Å². The van der Waals surface area contributed by atoms with Crippen molar-refractivity contribution < 1.29 is 0 Å². The van der Waals surface area contributed by atoms with E-state index in [1.54, 1.807) is 18.5 Å². The summed E-state index contributed by atoms with van der Waals surface area (Å²) >= 11 is 12.1. The Kier molecular flexibility index (Phi) is 5.59. The fourth-order valence-electron chi connectivity index (χ4n) is 1.89. The fraction of sp³-hybridized carbons (Fsp3) is 0.286. The van der Waals surface area contributed by atoms with E-state index in [0.717, 1.165) is 18.5 Å². The molecule has 0 amide bonds. The van der Waals surface area contributed by atoms with Gasteiger partial charge in [0.05, 0.1) is 10.0 Å². The molecule has 0 unspecified atom stereocenters. The van der Waals surface area contributed by atoms with Gasteiger partial charge in [-0.3, -0.25) is 4.98 Å².